The zero-order valence-electron chi connectivity index (χ0n) is 7.78. The lowest BCUT2D eigenvalue weighted by Crippen LogP contribution is -2.20. The van der Waals surface area contributed by atoms with Gasteiger partial charge in [0.2, 0.25) is 0 Å². The van der Waals surface area contributed by atoms with Crippen molar-refractivity contribution in [1.82, 2.24) is 0 Å². The lowest BCUT2D eigenvalue weighted by Gasteiger charge is -2.16. The van der Waals surface area contributed by atoms with Crippen LogP contribution in [-0.2, 0) is 12.4 Å². The Kier molecular flexibility index (Phi) is 3.50. The van der Waals surface area contributed by atoms with E-state index < -0.39 is 46.0 Å². The smallest absolute Gasteiger partial charge is 0.206 e. The number of hydrogen-bond donors (Lipinski definition) is 0. The molecule has 10 heteroatoms. The molecule has 1 aromatic rings. The van der Waals surface area contributed by atoms with E-state index in [0.717, 1.165) is 0 Å². The summed E-state index contributed by atoms with van der Waals surface area (Å²) in [5.41, 5.74) is -5.67. The van der Waals surface area contributed by atoms with Crippen LogP contribution in [0.5, 0.6) is 0 Å². The molecule has 0 unspecified atom stereocenters. The molecule has 0 N–H and O–H groups in total. The van der Waals surface area contributed by atoms with Crippen LogP contribution in [0.1, 0.15) is 11.1 Å². The van der Waals surface area contributed by atoms with Gasteiger partial charge in [0.05, 0.1) is 5.02 Å². The van der Waals surface area contributed by atoms with E-state index in [1.54, 1.807) is 0 Å². The third-order valence-corrected chi connectivity index (χ3v) is 2.19. The van der Waals surface area contributed by atoms with Crippen molar-refractivity contribution < 1.29 is 39.5 Å². The minimum Gasteiger partial charge on any atom is -0.206 e. The molecule has 0 aliphatic rings. The first-order valence-corrected chi connectivity index (χ1v) is 4.27. The molecule has 0 nitrogen and oxygen atoms in total. The summed E-state index contributed by atoms with van der Waals surface area (Å²) in [7, 11) is 0. The molecule has 0 aliphatic heterocycles. The fourth-order valence-corrected chi connectivity index (χ4v) is 1.40. The van der Waals surface area contributed by atoms with Crippen molar-refractivity contribution >= 4 is 11.6 Å². The van der Waals surface area contributed by atoms with Crippen LogP contribution < -0.4 is 0 Å². The average molecular weight is 303 g/mol. The first kappa shape index (κ1) is 14.9. The predicted octanol–water partition coefficient (Wildman–Crippen LogP) is 4.79. The number of hydrogen-bond acceptors (Lipinski definition) is 0. The van der Waals surface area contributed by atoms with Crippen LogP contribution in [0.4, 0.5) is 39.5 Å². The Labute approximate surface area is 98.0 Å². The monoisotopic (exact) mass is 302 g/mol. The Bertz CT molecular complexity index is 444. The van der Waals surface area contributed by atoms with E-state index >= 15 is 0 Å². The standard InChI is InChI=1S/C8ClF9/c9-3-1(7(13,14)15)4(10)2(8(16,17)18)5(11)6(3)12. The second-order valence-corrected chi connectivity index (χ2v) is 3.38. The molecule has 0 heterocycles. The second-order valence-electron chi connectivity index (χ2n) is 3.00. The molecular formula is C8ClF9. The van der Waals surface area contributed by atoms with Gasteiger partial charge in [0.25, 0.3) is 0 Å². The van der Waals surface area contributed by atoms with E-state index in [1.807, 2.05) is 0 Å². The van der Waals surface area contributed by atoms with Crippen LogP contribution in [0.15, 0.2) is 0 Å². The van der Waals surface area contributed by atoms with Gasteiger partial charge >= 0.3 is 12.4 Å². The van der Waals surface area contributed by atoms with E-state index in [9.17, 15) is 39.5 Å². The SMILES string of the molecule is Fc1c(F)c(C(F)(F)F)c(F)c(C(F)(F)F)c1Cl. The third-order valence-electron chi connectivity index (χ3n) is 1.83. The van der Waals surface area contributed by atoms with Crippen LogP contribution in [0, 0.1) is 17.5 Å². The zero-order chi connectivity index (χ0) is 14.5. The topological polar surface area (TPSA) is 0 Å². The van der Waals surface area contributed by atoms with Crippen molar-refractivity contribution in [3.63, 3.8) is 0 Å². The number of alkyl halides is 6. The van der Waals surface area contributed by atoms with E-state index in [-0.39, 0.29) is 0 Å². The number of halogens is 10. The van der Waals surface area contributed by atoms with Crippen LogP contribution in [0.3, 0.4) is 0 Å². The van der Waals surface area contributed by atoms with Crippen molar-refractivity contribution in [2.45, 2.75) is 12.4 Å². The number of rotatable bonds is 0. The summed E-state index contributed by atoms with van der Waals surface area (Å²) in [6.45, 7) is 0. The van der Waals surface area contributed by atoms with Crippen LogP contribution in [0.2, 0.25) is 5.02 Å². The summed E-state index contributed by atoms with van der Waals surface area (Å²) in [5, 5.41) is -2.09. The molecule has 0 saturated heterocycles. The summed E-state index contributed by atoms with van der Waals surface area (Å²) in [5.74, 6) is -8.44. The van der Waals surface area contributed by atoms with Gasteiger partial charge in [-0.05, 0) is 0 Å². The first-order chi connectivity index (χ1) is 7.89. The van der Waals surface area contributed by atoms with Gasteiger partial charge in [-0.25, -0.2) is 13.2 Å². The van der Waals surface area contributed by atoms with Gasteiger partial charge < -0.3 is 0 Å². The van der Waals surface area contributed by atoms with E-state index in [1.165, 1.54) is 0 Å². The lowest BCUT2D eigenvalue weighted by atomic mass is 10.1. The van der Waals surface area contributed by atoms with Gasteiger partial charge in [0, 0.05) is 0 Å². The van der Waals surface area contributed by atoms with E-state index in [4.69, 9.17) is 0 Å². The molecule has 18 heavy (non-hydrogen) atoms. The number of benzene rings is 1. The molecule has 0 fully saturated rings. The van der Waals surface area contributed by atoms with Crippen molar-refractivity contribution in [3.8, 4) is 0 Å². The molecule has 1 rings (SSSR count). The van der Waals surface area contributed by atoms with Crippen molar-refractivity contribution in [3.05, 3.63) is 33.6 Å². The van der Waals surface area contributed by atoms with Gasteiger partial charge in [-0.1, -0.05) is 11.6 Å². The molecule has 0 bridgehead atoms. The Morgan fingerprint density at radius 2 is 1.00 bits per heavy atom. The van der Waals surface area contributed by atoms with Crippen molar-refractivity contribution in [1.29, 1.82) is 0 Å². The maximum Gasteiger partial charge on any atom is 0.422 e. The van der Waals surface area contributed by atoms with Gasteiger partial charge in [-0.3, -0.25) is 0 Å². The van der Waals surface area contributed by atoms with E-state index in [2.05, 4.69) is 11.6 Å². The molecule has 0 saturated carbocycles. The molecule has 0 radical (unpaired) electrons. The first-order valence-electron chi connectivity index (χ1n) is 3.89. The lowest BCUT2D eigenvalue weighted by molar-refractivity contribution is -0.149. The largest absolute Gasteiger partial charge is 0.422 e. The molecular weight excluding hydrogens is 303 g/mol. The van der Waals surface area contributed by atoms with Crippen LogP contribution in [-0.4, -0.2) is 0 Å². The Morgan fingerprint density at radius 1 is 0.611 bits per heavy atom. The summed E-state index contributed by atoms with van der Waals surface area (Å²) in [4.78, 5) is 0. The molecule has 0 aromatic heterocycles. The summed E-state index contributed by atoms with van der Waals surface area (Å²) < 4.78 is 112. The van der Waals surface area contributed by atoms with E-state index in [0.29, 0.717) is 0 Å². The highest BCUT2D eigenvalue weighted by molar-refractivity contribution is 6.31. The predicted molar refractivity (Wildman–Crippen MR) is 41.3 cm³/mol. The second kappa shape index (κ2) is 4.22. The summed E-state index contributed by atoms with van der Waals surface area (Å²) in [6, 6.07) is 0. The molecule has 102 valence electrons. The molecule has 1 aromatic carbocycles. The quantitative estimate of drug-likeness (QED) is 0.367. The van der Waals surface area contributed by atoms with Crippen molar-refractivity contribution in [2.24, 2.45) is 0 Å². The molecule has 0 aliphatic carbocycles. The maximum atomic E-state index is 13.0. The normalized spacial score (nSPS) is 13.0. The minimum absolute atomic E-state index is 2.09. The zero-order valence-corrected chi connectivity index (χ0v) is 8.54. The summed E-state index contributed by atoms with van der Waals surface area (Å²) >= 11 is 4.67. The molecule has 0 amide bonds. The molecule has 0 atom stereocenters. The van der Waals surface area contributed by atoms with Crippen LogP contribution >= 0.6 is 11.6 Å². The highest BCUT2D eigenvalue weighted by atomic mass is 35.5. The highest BCUT2D eigenvalue weighted by Gasteiger charge is 2.47. The van der Waals surface area contributed by atoms with Gasteiger partial charge in [0.15, 0.2) is 17.5 Å². The summed E-state index contributed by atoms with van der Waals surface area (Å²) in [6.07, 6.45) is -11.5. The molecule has 0 spiro atoms. The van der Waals surface area contributed by atoms with Gasteiger partial charge in [-0.2, -0.15) is 26.3 Å². The highest BCUT2D eigenvalue weighted by Crippen LogP contribution is 2.44. The van der Waals surface area contributed by atoms with Gasteiger partial charge in [-0.15, -0.1) is 0 Å². The van der Waals surface area contributed by atoms with Gasteiger partial charge in [0.1, 0.15) is 11.1 Å². The minimum atomic E-state index is -5.83. The fourth-order valence-electron chi connectivity index (χ4n) is 1.13. The Morgan fingerprint density at radius 3 is 1.33 bits per heavy atom. The average Bonchev–Trinajstić information content (AvgIpc) is 2.09. The fraction of sp³-hybridized carbons (Fsp3) is 0.250. The van der Waals surface area contributed by atoms with Crippen molar-refractivity contribution in [2.75, 3.05) is 0 Å². The third kappa shape index (κ3) is 2.36. The Hall–Kier alpha value is -1.12. The maximum absolute atomic E-state index is 13.0. The Balaban J connectivity index is 3.83. The van der Waals surface area contributed by atoms with Crippen LogP contribution in [0.25, 0.3) is 0 Å².